The maximum atomic E-state index is 12.5. The molecule has 1 amide bonds. The number of amides is 1. The number of esters is 1. The third-order valence-corrected chi connectivity index (χ3v) is 4.53. The maximum Gasteiger partial charge on any atom is 0.342 e. The molecule has 118 valence electrons. The standard InChI is InChI=1S/C16H14N2O4S/c1-3-21-16(20)11-8(2)22-14(17)12-13(11)23-10-7-5-4-6-9(10)18-15(12)19/h4-7,17H,3H2,1-2H3,(H,18,19). The highest BCUT2D eigenvalue weighted by atomic mass is 32.2. The van der Waals surface area contributed by atoms with Gasteiger partial charge in [0, 0.05) is 9.79 Å². The SMILES string of the molecule is CCOC(=O)c1c(C)oc(=N)c2c1Sc1ccccc1NC2=O. The summed E-state index contributed by atoms with van der Waals surface area (Å²) in [7, 11) is 0. The Balaban J connectivity index is 2.28. The second-order valence-electron chi connectivity index (χ2n) is 4.84. The molecule has 2 aromatic rings. The number of carbonyl (C=O) groups excluding carboxylic acids is 2. The van der Waals surface area contributed by atoms with Crippen molar-refractivity contribution in [2.75, 3.05) is 11.9 Å². The third-order valence-electron chi connectivity index (χ3n) is 3.34. The summed E-state index contributed by atoms with van der Waals surface area (Å²) in [6.07, 6.45) is 0. The van der Waals surface area contributed by atoms with Crippen LogP contribution in [0, 0.1) is 12.3 Å². The summed E-state index contributed by atoms with van der Waals surface area (Å²) in [5.41, 5.74) is 0.587. The molecule has 0 radical (unpaired) electrons. The summed E-state index contributed by atoms with van der Waals surface area (Å²) in [6, 6.07) is 7.26. The van der Waals surface area contributed by atoms with Gasteiger partial charge in [-0.05, 0) is 26.0 Å². The van der Waals surface area contributed by atoms with Crippen molar-refractivity contribution < 1.29 is 18.7 Å². The van der Waals surface area contributed by atoms with E-state index in [0.717, 1.165) is 4.90 Å². The number of hydrogen-bond donors (Lipinski definition) is 2. The first-order valence-corrected chi connectivity index (χ1v) is 7.82. The van der Waals surface area contributed by atoms with Gasteiger partial charge >= 0.3 is 5.97 Å². The molecule has 0 aliphatic carbocycles. The molecule has 0 spiro atoms. The first-order valence-electron chi connectivity index (χ1n) is 7.00. The van der Waals surface area contributed by atoms with Crippen LogP contribution < -0.4 is 10.9 Å². The Morgan fingerprint density at radius 3 is 2.87 bits per heavy atom. The highest BCUT2D eigenvalue weighted by Gasteiger charge is 2.30. The van der Waals surface area contributed by atoms with Crippen LogP contribution >= 0.6 is 11.8 Å². The average molecular weight is 330 g/mol. The Kier molecular flexibility index (Phi) is 3.96. The molecule has 1 aliphatic rings. The number of ether oxygens (including phenoxy) is 1. The number of para-hydroxylation sites is 1. The van der Waals surface area contributed by atoms with Gasteiger partial charge in [0.05, 0.1) is 12.3 Å². The van der Waals surface area contributed by atoms with Gasteiger partial charge in [-0.25, -0.2) is 4.79 Å². The van der Waals surface area contributed by atoms with Crippen molar-refractivity contribution in [1.29, 1.82) is 5.41 Å². The Morgan fingerprint density at radius 2 is 2.13 bits per heavy atom. The Hall–Kier alpha value is -2.54. The van der Waals surface area contributed by atoms with Gasteiger partial charge in [-0.2, -0.15) is 0 Å². The van der Waals surface area contributed by atoms with Gasteiger partial charge in [-0.1, -0.05) is 23.9 Å². The first kappa shape index (κ1) is 15.4. The molecule has 0 bridgehead atoms. The zero-order valence-electron chi connectivity index (χ0n) is 12.6. The van der Waals surface area contributed by atoms with E-state index >= 15 is 0 Å². The van der Waals surface area contributed by atoms with Crippen LogP contribution in [0.5, 0.6) is 0 Å². The Labute approximate surface area is 136 Å². The molecule has 0 saturated carbocycles. The normalized spacial score (nSPS) is 12.7. The predicted molar refractivity (Wildman–Crippen MR) is 83.8 cm³/mol. The number of benzene rings is 1. The van der Waals surface area contributed by atoms with Gasteiger partial charge in [0.1, 0.15) is 16.9 Å². The van der Waals surface area contributed by atoms with Crippen LogP contribution in [0.4, 0.5) is 5.69 Å². The number of rotatable bonds is 2. The summed E-state index contributed by atoms with van der Waals surface area (Å²) < 4.78 is 10.4. The molecule has 1 aromatic carbocycles. The number of fused-ring (bicyclic) bond motifs is 2. The molecular formula is C16H14N2O4S. The molecule has 23 heavy (non-hydrogen) atoms. The average Bonchev–Trinajstić information content (AvgIpc) is 2.63. The van der Waals surface area contributed by atoms with Crippen LogP contribution in [0.2, 0.25) is 0 Å². The Bertz CT molecular complexity index is 873. The van der Waals surface area contributed by atoms with E-state index in [0.29, 0.717) is 10.6 Å². The maximum absolute atomic E-state index is 12.5. The fourth-order valence-corrected chi connectivity index (χ4v) is 3.56. The van der Waals surface area contributed by atoms with Crippen LogP contribution in [0.3, 0.4) is 0 Å². The first-order chi connectivity index (χ1) is 11.0. The number of hydrogen-bond acceptors (Lipinski definition) is 6. The van der Waals surface area contributed by atoms with Gasteiger partial charge in [-0.15, -0.1) is 0 Å². The van der Waals surface area contributed by atoms with Crippen molar-refractivity contribution in [1.82, 2.24) is 0 Å². The van der Waals surface area contributed by atoms with Crippen molar-refractivity contribution in [3.63, 3.8) is 0 Å². The minimum absolute atomic E-state index is 0.0415. The summed E-state index contributed by atoms with van der Waals surface area (Å²) >= 11 is 1.25. The van der Waals surface area contributed by atoms with Crippen LogP contribution in [-0.2, 0) is 4.74 Å². The van der Waals surface area contributed by atoms with E-state index in [4.69, 9.17) is 14.6 Å². The van der Waals surface area contributed by atoms with E-state index in [1.54, 1.807) is 26.0 Å². The number of carbonyl (C=O) groups is 2. The minimum atomic E-state index is -0.565. The van der Waals surface area contributed by atoms with Crippen LogP contribution in [-0.4, -0.2) is 18.5 Å². The summed E-state index contributed by atoms with van der Waals surface area (Å²) in [4.78, 5) is 25.9. The lowest BCUT2D eigenvalue weighted by Gasteiger charge is -2.12. The molecule has 2 heterocycles. The number of anilines is 1. The summed E-state index contributed by atoms with van der Waals surface area (Å²) in [5.74, 6) is -0.784. The van der Waals surface area contributed by atoms with Crippen LogP contribution in [0.1, 0.15) is 33.4 Å². The topological polar surface area (TPSA) is 92.4 Å². The fourth-order valence-electron chi connectivity index (χ4n) is 2.34. The van der Waals surface area contributed by atoms with Gasteiger partial charge in [-0.3, -0.25) is 10.2 Å². The predicted octanol–water partition coefficient (Wildman–Crippen LogP) is 2.96. The van der Waals surface area contributed by atoms with Crippen LogP contribution in [0.25, 0.3) is 0 Å². The lowest BCUT2D eigenvalue weighted by molar-refractivity contribution is 0.0517. The number of aryl methyl sites for hydroxylation is 1. The molecule has 0 saturated heterocycles. The second kappa shape index (κ2) is 5.92. The molecule has 6 nitrogen and oxygen atoms in total. The largest absolute Gasteiger partial charge is 0.462 e. The molecule has 7 heteroatoms. The van der Waals surface area contributed by atoms with Crippen molar-refractivity contribution in [2.45, 2.75) is 23.6 Å². The van der Waals surface area contributed by atoms with E-state index < -0.39 is 11.9 Å². The zero-order chi connectivity index (χ0) is 16.6. The van der Waals surface area contributed by atoms with E-state index in [1.165, 1.54) is 11.8 Å². The van der Waals surface area contributed by atoms with Crippen molar-refractivity contribution in [3.05, 3.63) is 46.7 Å². The third kappa shape index (κ3) is 2.63. The molecular weight excluding hydrogens is 316 g/mol. The molecule has 0 unspecified atom stereocenters. The van der Waals surface area contributed by atoms with E-state index in [1.807, 2.05) is 12.1 Å². The second-order valence-corrected chi connectivity index (χ2v) is 5.89. The van der Waals surface area contributed by atoms with Crippen molar-refractivity contribution >= 4 is 29.3 Å². The van der Waals surface area contributed by atoms with Crippen molar-refractivity contribution in [2.24, 2.45) is 0 Å². The monoisotopic (exact) mass is 330 g/mol. The van der Waals surface area contributed by atoms with E-state index in [9.17, 15) is 9.59 Å². The quantitative estimate of drug-likeness (QED) is 0.826. The highest BCUT2D eigenvalue weighted by Crippen LogP contribution is 2.40. The Morgan fingerprint density at radius 1 is 1.39 bits per heavy atom. The highest BCUT2D eigenvalue weighted by molar-refractivity contribution is 7.99. The smallest absolute Gasteiger partial charge is 0.342 e. The fraction of sp³-hybridized carbons (Fsp3) is 0.188. The summed E-state index contributed by atoms with van der Waals surface area (Å²) in [6.45, 7) is 3.50. The van der Waals surface area contributed by atoms with Gasteiger partial charge in [0.15, 0.2) is 0 Å². The molecule has 1 aromatic heterocycles. The van der Waals surface area contributed by atoms with Gasteiger partial charge < -0.3 is 14.5 Å². The molecule has 3 rings (SSSR count). The van der Waals surface area contributed by atoms with E-state index in [2.05, 4.69) is 5.32 Å². The minimum Gasteiger partial charge on any atom is -0.462 e. The van der Waals surface area contributed by atoms with Crippen LogP contribution in [0.15, 0.2) is 38.5 Å². The molecule has 1 aliphatic heterocycles. The lowest BCUT2D eigenvalue weighted by atomic mass is 10.1. The molecule has 0 atom stereocenters. The molecule has 2 N–H and O–H groups in total. The van der Waals surface area contributed by atoms with E-state index in [-0.39, 0.29) is 29.0 Å². The van der Waals surface area contributed by atoms with Crippen molar-refractivity contribution in [3.8, 4) is 0 Å². The zero-order valence-corrected chi connectivity index (χ0v) is 13.4. The number of nitrogens with one attached hydrogen (secondary N) is 2. The van der Waals surface area contributed by atoms with Gasteiger partial charge in [0.25, 0.3) is 5.91 Å². The van der Waals surface area contributed by atoms with Gasteiger partial charge in [0.2, 0.25) is 5.55 Å². The lowest BCUT2D eigenvalue weighted by Crippen LogP contribution is -2.24. The molecule has 0 fully saturated rings. The summed E-state index contributed by atoms with van der Waals surface area (Å²) in [5, 5.41) is 10.7.